The molecular weight excluding hydrogens is 355 g/mol. The van der Waals surface area contributed by atoms with Crippen molar-refractivity contribution in [3.05, 3.63) is 64.5 Å². The molecule has 2 aromatic rings. The Hall–Kier alpha value is -2.40. The van der Waals surface area contributed by atoms with Crippen molar-refractivity contribution in [2.45, 2.75) is 46.3 Å². The maximum absolute atomic E-state index is 13.8. The summed E-state index contributed by atoms with van der Waals surface area (Å²) in [5.74, 6) is 0.867. The van der Waals surface area contributed by atoms with Gasteiger partial charge in [-0.05, 0) is 56.0 Å². The summed E-state index contributed by atoms with van der Waals surface area (Å²) in [5.41, 5.74) is 3.86. The van der Waals surface area contributed by atoms with E-state index in [9.17, 15) is 9.18 Å². The van der Waals surface area contributed by atoms with Crippen LogP contribution < -0.4 is 10.1 Å². The number of halogens is 1. The van der Waals surface area contributed by atoms with Gasteiger partial charge in [-0.2, -0.15) is 0 Å². The number of rotatable bonds is 9. The monoisotopic (exact) mass is 384 g/mol. The molecule has 1 N–H and O–H groups in total. The number of likely N-dealkylation sites (tertiary alicyclic amines) is 1. The summed E-state index contributed by atoms with van der Waals surface area (Å²) < 4.78 is 19.7. The highest BCUT2D eigenvalue weighted by atomic mass is 19.1. The molecule has 1 heterocycles. The van der Waals surface area contributed by atoms with Gasteiger partial charge >= 0.3 is 0 Å². The third-order valence-corrected chi connectivity index (χ3v) is 5.13. The zero-order chi connectivity index (χ0) is 19.9. The van der Waals surface area contributed by atoms with Crippen LogP contribution in [0.1, 0.15) is 41.5 Å². The number of nitrogens with one attached hydrogen (secondary N) is 1. The molecule has 0 atom stereocenters. The van der Waals surface area contributed by atoms with E-state index in [1.807, 2.05) is 24.8 Å². The molecule has 150 valence electrons. The van der Waals surface area contributed by atoms with Gasteiger partial charge in [0.15, 0.2) is 0 Å². The van der Waals surface area contributed by atoms with Gasteiger partial charge in [-0.25, -0.2) is 4.39 Å². The molecule has 1 saturated heterocycles. The number of amides is 1. The van der Waals surface area contributed by atoms with Crippen LogP contribution in [-0.4, -0.2) is 30.4 Å². The third-order valence-electron chi connectivity index (χ3n) is 5.13. The van der Waals surface area contributed by atoms with Gasteiger partial charge in [0.25, 0.3) is 0 Å². The van der Waals surface area contributed by atoms with Gasteiger partial charge in [-0.1, -0.05) is 30.3 Å². The summed E-state index contributed by atoms with van der Waals surface area (Å²) in [6.45, 7) is 7.68. The fraction of sp³-hybridized carbons (Fsp3) is 0.435. The Bertz CT molecular complexity index is 799. The van der Waals surface area contributed by atoms with E-state index in [0.29, 0.717) is 12.0 Å². The number of ether oxygens (including phenoxy) is 1. The number of hydrogen-bond acceptors (Lipinski definition) is 3. The fourth-order valence-corrected chi connectivity index (χ4v) is 3.70. The number of hydrogen-bond donors (Lipinski definition) is 1. The molecule has 1 aliphatic rings. The highest BCUT2D eigenvalue weighted by molar-refractivity contribution is 5.77. The van der Waals surface area contributed by atoms with Gasteiger partial charge in [0, 0.05) is 31.6 Å². The van der Waals surface area contributed by atoms with Crippen LogP contribution in [0.25, 0.3) is 0 Å². The Balaban J connectivity index is 1.47. The molecule has 0 bridgehead atoms. The van der Waals surface area contributed by atoms with Crippen molar-refractivity contribution >= 4 is 5.91 Å². The lowest BCUT2D eigenvalue weighted by Crippen LogP contribution is -2.28. The van der Waals surface area contributed by atoms with Gasteiger partial charge in [0.1, 0.15) is 18.2 Å². The SMILES string of the molecule is Cc1cc(CNCCCN2CCCC2=O)cc(C)c1OCc1ccccc1F. The minimum absolute atomic E-state index is 0.223. The van der Waals surface area contributed by atoms with E-state index in [1.165, 1.54) is 11.6 Å². The van der Waals surface area contributed by atoms with Crippen LogP contribution in [0, 0.1) is 19.7 Å². The van der Waals surface area contributed by atoms with Gasteiger partial charge < -0.3 is 15.0 Å². The van der Waals surface area contributed by atoms with Crippen LogP contribution in [0.5, 0.6) is 5.75 Å². The molecule has 2 aromatic carbocycles. The van der Waals surface area contributed by atoms with Gasteiger partial charge in [0.2, 0.25) is 5.91 Å². The van der Waals surface area contributed by atoms with Crippen LogP contribution in [0.2, 0.25) is 0 Å². The van der Waals surface area contributed by atoms with Crippen molar-refractivity contribution in [3.8, 4) is 5.75 Å². The van der Waals surface area contributed by atoms with Crippen molar-refractivity contribution in [1.29, 1.82) is 0 Å². The molecule has 1 aliphatic heterocycles. The summed E-state index contributed by atoms with van der Waals surface area (Å²) >= 11 is 0. The molecule has 3 rings (SSSR count). The molecule has 1 fully saturated rings. The molecule has 0 aromatic heterocycles. The summed E-state index contributed by atoms with van der Waals surface area (Å²) in [4.78, 5) is 13.6. The van der Waals surface area contributed by atoms with Crippen LogP contribution in [0.3, 0.4) is 0 Å². The standard InChI is InChI=1S/C23H29FN2O2/c1-17-13-19(15-25-10-6-12-26-11-5-9-22(26)27)14-18(2)23(17)28-16-20-7-3-4-8-21(20)24/h3-4,7-8,13-14,25H,5-6,9-12,15-16H2,1-2H3. The summed E-state index contributed by atoms with van der Waals surface area (Å²) in [5, 5.41) is 3.45. The average Bonchev–Trinajstić information content (AvgIpc) is 3.07. The van der Waals surface area contributed by atoms with Gasteiger partial charge in [0.05, 0.1) is 0 Å². The first-order chi connectivity index (χ1) is 13.5. The van der Waals surface area contributed by atoms with Crippen molar-refractivity contribution in [3.63, 3.8) is 0 Å². The van der Waals surface area contributed by atoms with E-state index in [-0.39, 0.29) is 18.3 Å². The van der Waals surface area contributed by atoms with Crippen LogP contribution in [0.4, 0.5) is 4.39 Å². The Labute approximate surface area is 166 Å². The van der Waals surface area contributed by atoms with Crippen LogP contribution in [-0.2, 0) is 17.9 Å². The summed E-state index contributed by atoms with van der Waals surface area (Å²) in [6.07, 6.45) is 2.67. The Morgan fingerprint density at radius 3 is 2.61 bits per heavy atom. The molecule has 0 radical (unpaired) electrons. The number of nitrogens with zero attached hydrogens (tertiary/aromatic N) is 1. The minimum Gasteiger partial charge on any atom is -0.488 e. The first-order valence-electron chi connectivity index (χ1n) is 9.99. The zero-order valence-corrected chi connectivity index (χ0v) is 16.8. The molecule has 4 nitrogen and oxygen atoms in total. The number of carbonyl (C=O) groups is 1. The molecule has 5 heteroatoms. The molecule has 0 spiro atoms. The molecule has 0 aliphatic carbocycles. The maximum atomic E-state index is 13.8. The first kappa shape index (κ1) is 20.3. The number of aryl methyl sites for hydroxylation is 2. The first-order valence-corrected chi connectivity index (χ1v) is 9.99. The summed E-state index contributed by atoms with van der Waals surface area (Å²) in [6, 6.07) is 10.9. The van der Waals surface area contributed by atoms with E-state index in [2.05, 4.69) is 17.4 Å². The second-order valence-electron chi connectivity index (χ2n) is 7.45. The average molecular weight is 384 g/mol. The normalized spacial score (nSPS) is 14.0. The smallest absolute Gasteiger partial charge is 0.222 e. The lowest BCUT2D eigenvalue weighted by molar-refractivity contribution is -0.127. The fourth-order valence-electron chi connectivity index (χ4n) is 3.70. The molecule has 1 amide bonds. The Morgan fingerprint density at radius 2 is 1.93 bits per heavy atom. The van der Waals surface area contributed by atoms with E-state index >= 15 is 0 Å². The molecular formula is C23H29FN2O2. The van der Waals surface area contributed by atoms with E-state index < -0.39 is 0 Å². The lowest BCUT2D eigenvalue weighted by Gasteiger charge is -2.16. The quantitative estimate of drug-likeness (QED) is 0.661. The topological polar surface area (TPSA) is 41.6 Å². The van der Waals surface area contributed by atoms with Crippen molar-refractivity contribution in [1.82, 2.24) is 10.2 Å². The zero-order valence-electron chi connectivity index (χ0n) is 16.8. The minimum atomic E-state index is -0.241. The number of carbonyl (C=O) groups excluding carboxylic acids is 1. The highest BCUT2D eigenvalue weighted by Crippen LogP contribution is 2.26. The number of benzene rings is 2. The van der Waals surface area contributed by atoms with Crippen LogP contribution in [0.15, 0.2) is 36.4 Å². The lowest BCUT2D eigenvalue weighted by atomic mass is 10.1. The van der Waals surface area contributed by atoms with Crippen molar-refractivity contribution in [2.75, 3.05) is 19.6 Å². The maximum Gasteiger partial charge on any atom is 0.222 e. The van der Waals surface area contributed by atoms with Gasteiger partial charge in [-0.3, -0.25) is 4.79 Å². The molecule has 28 heavy (non-hydrogen) atoms. The largest absolute Gasteiger partial charge is 0.488 e. The van der Waals surface area contributed by atoms with Gasteiger partial charge in [-0.15, -0.1) is 0 Å². The van der Waals surface area contributed by atoms with Crippen molar-refractivity contribution < 1.29 is 13.9 Å². The Kier molecular flexibility index (Phi) is 7.04. The summed E-state index contributed by atoms with van der Waals surface area (Å²) in [7, 11) is 0. The second-order valence-corrected chi connectivity index (χ2v) is 7.45. The van der Waals surface area contributed by atoms with Crippen LogP contribution >= 0.6 is 0 Å². The van der Waals surface area contributed by atoms with Crippen molar-refractivity contribution in [2.24, 2.45) is 0 Å². The predicted octanol–water partition coefficient (Wildman–Crippen LogP) is 4.12. The third kappa shape index (κ3) is 5.32. The van der Waals surface area contributed by atoms with E-state index in [4.69, 9.17) is 4.74 Å². The predicted molar refractivity (Wildman–Crippen MR) is 109 cm³/mol. The molecule has 0 unspecified atom stereocenters. The van der Waals surface area contributed by atoms with E-state index in [1.54, 1.807) is 12.1 Å². The van der Waals surface area contributed by atoms with E-state index in [0.717, 1.165) is 55.9 Å². The molecule has 0 saturated carbocycles. The Morgan fingerprint density at radius 1 is 1.18 bits per heavy atom. The second kappa shape index (κ2) is 9.69. The highest BCUT2D eigenvalue weighted by Gasteiger charge is 2.18.